The molecule has 3 aromatic rings. The van der Waals surface area contributed by atoms with Gasteiger partial charge in [-0.05, 0) is 18.2 Å². The average molecular weight is 273 g/mol. The lowest BCUT2D eigenvalue weighted by Gasteiger charge is -2.18. The highest BCUT2D eigenvalue weighted by molar-refractivity contribution is 7.15. The normalized spacial score (nSPS) is 13.9. The number of imidazole rings is 1. The van der Waals surface area contributed by atoms with E-state index in [9.17, 15) is 0 Å². The summed E-state index contributed by atoms with van der Waals surface area (Å²) in [5.74, 6) is 2.12. The van der Waals surface area contributed by atoms with Crippen LogP contribution in [-0.2, 0) is 0 Å². The van der Waals surface area contributed by atoms with Crippen LogP contribution in [0.15, 0.2) is 29.8 Å². The van der Waals surface area contributed by atoms with E-state index in [1.54, 1.807) is 11.3 Å². The number of benzene rings is 1. The Morgan fingerprint density at radius 2 is 2.05 bits per heavy atom. The molecule has 2 aromatic heterocycles. The van der Waals surface area contributed by atoms with Crippen LogP contribution in [0.5, 0.6) is 11.5 Å². The minimum atomic E-state index is 0.533. The minimum absolute atomic E-state index is 0.533. The number of hydrogen-bond donors (Lipinski definition) is 1. The molecule has 1 aliphatic heterocycles. The molecule has 4 rings (SSSR count). The first kappa shape index (κ1) is 10.7. The van der Waals surface area contributed by atoms with Crippen LogP contribution >= 0.6 is 11.3 Å². The van der Waals surface area contributed by atoms with Crippen molar-refractivity contribution >= 4 is 22.1 Å². The van der Waals surface area contributed by atoms with E-state index in [0.717, 1.165) is 27.7 Å². The smallest absolute Gasteiger partial charge is 0.196 e. The van der Waals surface area contributed by atoms with Gasteiger partial charge in [0, 0.05) is 10.9 Å². The van der Waals surface area contributed by atoms with Crippen molar-refractivity contribution in [3.63, 3.8) is 0 Å². The van der Waals surface area contributed by atoms with Crippen molar-refractivity contribution in [1.29, 1.82) is 0 Å². The van der Waals surface area contributed by atoms with Gasteiger partial charge in [-0.15, -0.1) is 11.3 Å². The Kier molecular flexibility index (Phi) is 2.19. The second-order valence-electron chi connectivity index (χ2n) is 4.30. The zero-order valence-corrected chi connectivity index (χ0v) is 10.8. The van der Waals surface area contributed by atoms with Gasteiger partial charge in [0.2, 0.25) is 0 Å². The second-order valence-corrected chi connectivity index (χ2v) is 5.13. The fourth-order valence-electron chi connectivity index (χ4n) is 2.21. The highest BCUT2D eigenvalue weighted by Gasteiger charge is 2.14. The van der Waals surface area contributed by atoms with Crippen molar-refractivity contribution in [2.75, 3.05) is 18.9 Å². The monoisotopic (exact) mass is 273 g/mol. The number of nitrogens with zero attached hydrogens (tertiary/aromatic N) is 2. The number of aromatic nitrogens is 2. The first-order chi connectivity index (χ1) is 9.31. The molecule has 96 valence electrons. The van der Waals surface area contributed by atoms with Crippen LogP contribution < -0.4 is 15.2 Å². The maximum Gasteiger partial charge on any atom is 0.196 e. The van der Waals surface area contributed by atoms with Crippen LogP contribution in [-0.4, -0.2) is 22.6 Å². The number of thiazole rings is 1. The zero-order chi connectivity index (χ0) is 12.8. The molecule has 6 heteroatoms. The molecule has 3 heterocycles. The molecule has 0 amide bonds. The van der Waals surface area contributed by atoms with Crippen LogP contribution in [0.25, 0.3) is 16.2 Å². The molecule has 0 atom stereocenters. The second kappa shape index (κ2) is 3.89. The number of nitrogen functional groups attached to an aromatic ring is 1. The maximum absolute atomic E-state index is 5.72. The Morgan fingerprint density at radius 3 is 2.95 bits per heavy atom. The van der Waals surface area contributed by atoms with E-state index in [1.165, 1.54) is 0 Å². The van der Waals surface area contributed by atoms with E-state index in [-0.39, 0.29) is 0 Å². The predicted octanol–water partition coefficient (Wildman–Crippen LogP) is 2.42. The third kappa shape index (κ3) is 1.64. The Hall–Kier alpha value is -2.21. The fraction of sp³-hybridized carbons (Fsp3) is 0.154. The molecule has 19 heavy (non-hydrogen) atoms. The number of ether oxygens (including phenoxy) is 2. The first-order valence-corrected chi connectivity index (χ1v) is 6.81. The maximum atomic E-state index is 5.72. The van der Waals surface area contributed by atoms with Gasteiger partial charge in [0.05, 0.1) is 11.9 Å². The van der Waals surface area contributed by atoms with Gasteiger partial charge < -0.3 is 15.2 Å². The van der Waals surface area contributed by atoms with Gasteiger partial charge >= 0.3 is 0 Å². The van der Waals surface area contributed by atoms with Gasteiger partial charge in [0.25, 0.3) is 0 Å². The van der Waals surface area contributed by atoms with Gasteiger partial charge in [-0.25, -0.2) is 4.98 Å². The number of nitrogens with two attached hydrogens (primary N) is 1. The van der Waals surface area contributed by atoms with E-state index in [0.29, 0.717) is 19.0 Å². The topological polar surface area (TPSA) is 61.8 Å². The summed E-state index contributed by atoms with van der Waals surface area (Å²) in [4.78, 5) is 5.14. The van der Waals surface area contributed by atoms with Gasteiger partial charge in [0.15, 0.2) is 16.5 Å². The third-order valence-corrected chi connectivity index (χ3v) is 3.91. The third-order valence-electron chi connectivity index (χ3n) is 3.07. The largest absolute Gasteiger partial charge is 0.486 e. The minimum Gasteiger partial charge on any atom is -0.486 e. The SMILES string of the molecule is Nc1cn2c(-c3ccc4c(c3)OCCO4)csc2n1. The number of anilines is 1. The molecular formula is C13H11N3O2S. The summed E-state index contributed by atoms with van der Waals surface area (Å²) in [5.41, 5.74) is 7.84. The Morgan fingerprint density at radius 1 is 1.21 bits per heavy atom. The molecule has 0 saturated heterocycles. The summed E-state index contributed by atoms with van der Waals surface area (Å²) < 4.78 is 13.1. The lowest BCUT2D eigenvalue weighted by Crippen LogP contribution is -2.15. The lowest BCUT2D eigenvalue weighted by molar-refractivity contribution is 0.171. The predicted molar refractivity (Wildman–Crippen MR) is 73.9 cm³/mol. The number of fused-ring (bicyclic) bond motifs is 2. The van der Waals surface area contributed by atoms with E-state index in [1.807, 2.05) is 28.8 Å². The highest BCUT2D eigenvalue weighted by atomic mass is 32.1. The van der Waals surface area contributed by atoms with Crippen LogP contribution in [0.1, 0.15) is 0 Å². The zero-order valence-electron chi connectivity index (χ0n) is 10.00. The quantitative estimate of drug-likeness (QED) is 0.739. The first-order valence-electron chi connectivity index (χ1n) is 5.93. The Bertz CT molecular complexity index is 762. The molecule has 0 fully saturated rings. The van der Waals surface area contributed by atoms with Crippen molar-refractivity contribution in [3.05, 3.63) is 29.8 Å². The lowest BCUT2D eigenvalue weighted by atomic mass is 10.1. The van der Waals surface area contributed by atoms with Crippen LogP contribution in [0.3, 0.4) is 0 Å². The molecule has 1 aromatic carbocycles. The van der Waals surface area contributed by atoms with E-state index < -0.39 is 0 Å². The summed E-state index contributed by atoms with van der Waals surface area (Å²) >= 11 is 1.57. The number of hydrogen-bond acceptors (Lipinski definition) is 5. The van der Waals surface area contributed by atoms with Gasteiger partial charge in [0.1, 0.15) is 19.0 Å². The van der Waals surface area contributed by atoms with Crippen molar-refractivity contribution in [1.82, 2.24) is 9.38 Å². The summed E-state index contributed by atoms with van der Waals surface area (Å²) in [6.45, 7) is 1.20. The summed E-state index contributed by atoms with van der Waals surface area (Å²) in [7, 11) is 0. The standard InChI is InChI=1S/C13H11N3O2S/c14-12-6-16-9(7-19-13(16)15-12)8-1-2-10-11(5-8)18-4-3-17-10/h1-2,5-7H,3-4,14H2. The average Bonchev–Trinajstić information content (AvgIpc) is 2.97. The summed E-state index contributed by atoms with van der Waals surface area (Å²) in [5, 5.41) is 2.06. The fourth-order valence-corrected chi connectivity index (χ4v) is 3.10. The number of rotatable bonds is 1. The van der Waals surface area contributed by atoms with E-state index in [4.69, 9.17) is 15.2 Å². The van der Waals surface area contributed by atoms with E-state index >= 15 is 0 Å². The molecule has 0 radical (unpaired) electrons. The van der Waals surface area contributed by atoms with Crippen molar-refractivity contribution in [2.45, 2.75) is 0 Å². The van der Waals surface area contributed by atoms with Gasteiger partial charge in [-0.1, -0.05) is 0 Å². The van der Waals surface area contributed by atoms with Crippen LogP contribution in [0, 0.1) is 0 Å². The molecule has 0 saturated carbocycles. The molecule has 0 aliphatic carbocycles. The Labute approximate surface area is 113 Å². The van der Waals surface area contributed by atoms with Gasteiger partial charge in [-0.2, -0.15) is 0 Å². The van der Waals surface area contributed by atoms with Crippen LogP contribution in [0.4, 0.5) is 5.82 Å². The summed E-state index contributed by atoms with van der Waals surface area (Å²) in [6, 6.07) is 5.95. The molecule has 5 nitrogen and oxygen atoms in total. The Balaban J connectivity index is 1.87. The van der Waals surface area contributed by atoms with Crippen LogP contribution in [0.2, 0.25) is 0 Å². The highest BCUT2D eigenvalue weighted by Crippen LogP contribution is 2.35. The molecule has 1 aliphatic rings. The molecule has 0 unspecified atom stereocenters. The summed E-state index contributed by atoms with van der Waals surface area (Å²) in [6.07, 6.45) is 1.83. The molecule has 0 spiro atoms. The van der Waals surface area contributed by atoms with Gasteiger partial charge in [-0.3, -0.25) is 4.40 Å². The molecule has 0 bridgehead atoms. The molecule has 2 N–H and O–H groups in total. The molecular weight excluding hydrogens is 262 g/mol. The van der Waals surface area contributed by atoms with Crippen molar-refractivity contribution in [2.24, 2.45) is 0 Å². The van der Waals surface area contributed by atoms with Crippen molar-refractivity contribution < 1.29 is 9.47 Å². The van der Waals surface area contributed by atoms with E-state index in [2.05, 4.69) is 10.4 Å². The van der Waals surface area contributed by atoms with Crippen molar-refractivity contribution in [3.8, 4) is 22.8 Å².